The highest BCUT2D eigenvalue weighted by atomic mass is 79.9. The molecule has 104 valence electrons. The van der Waals surface area contributed by atoms with Gasteiger partial charge in [-0.15, -0.1) is 0 Å². The van der Waals surface area contributed by atoms with Crippen LogP contribution in [0.5, 0.6) is 5.75 Å². The van der Waals surface area contributed by atoms with Crippen LogP contribution in [-0.2, 0) is 0 Å². The first-order chi connectivity index (χ1) is 10.2. The van der Waals surface area contributed by atoms with E-state index in [2.05, 4.69) is 20.9 Å². The van der Waals surface area contributed by atoms with E-state index in [-0.39, 0.29) is 5.78 Å². The number of hydrogen-bond donors (Lipinski definition) is 0. The summed E-state index contributed by atoms with van der Waals surface area (Å²) in [5.41, 5.74) is 2.14. The summed E-state index contributed by atoms with van der Waals surface area (Å²) in [5, 5.41) is 0.955. The van der Waals surface area contributed by atoms with Gasteiger partial charge < -0.3 is 4.74 Å². The predicted octanol–water partition coefficient (Wildman–Crippen LogP) is 4.24. The summed E-state index contributed by atoms with van der Waals surface area (Å²) in [6.45, 7) is 0. The highest BCUT2D eigenvalue weighted by molar-refractivity contribution is 9.10. The molecule has 0 spiro atoms. The van der Waals surface area contributed by atoms with Crippen LogP contribution in [0.15, 0.2) is 59.2 Å². The fourth-order valence-electron chi connectivity index (χ4n) is 2.19. The number of carbonyl (C=O) groups excluding carboxylic acids is 1. The van der Waals surface area contributed by atoms with Gasteiger partial charge >= 0.3 is 0 Å². The molecule has 0 amide bonds. The number of pyridine rings is 1. The molecule has 0 saturated heterocycles. The average molecular weight is 342 g/mol. The Balaban J connectivity index is 2.01. The summed E-state index contributed by atoms with van der Waals surface area (Å²) in [6, 6.07) is 14.7. The highest BCUT2D eigenvalue weighted by Crippen LogP contribution is 2.27. The van der Waals surface area contributed by atoms with Crippen molar-refractivity contribution in [3.8, 4) is 5.75 Å². The summed E-state index contributed by atoms with van der Waals surface area (Å²) < 4.78 is 5.94. The minimum Gasteiger partial charge on any atom is -0.496 e. The van der Waals surface area contributed by atoms with Gasteiger partial charge in [-0.1, -0.05) is 6.07 Å². The first kappa shape index (κ1) is 13.8. The number of carbonyl (C=O) groups is 1. The number of aromatic nitrogens is 1. The van der Waals surface area contributed by atoms with Gasteiger partial charge in [0.25, 0.3) is 0 Å². The molecule has 3 rings (SSSR count). The van der Waals surface area contributed by atoms with Crippen LogP contribution < -0.4 is 4.74 Å². The molecule has 0 N–H and O–H groups in total. The zero-order valence-electron chi connectivity index (χ0n) is 11.3. The topological polar surface area (TPSA) is 39.2 Å². The van der Waals surface area contributed by atoms with Crippen LogP contribution in [0.3, 0.4) is 0 Å². The number of methoxy groups -OCH3 is 1. The molecule has 4 heteroatoms. The fraction of sp³-hybridized carbons (Fsp3) is 0.0588. The van der Waals surface area contributed by atoms with E-state index in [9.17, 15) is 4.79 Å². The minimum atomic E-state index is -0.0240. The number of halogens is 1. The molecule has 3 nitrogen and oxygen atoms in total. The molecule has 0 saturated carbocycles. The van der Waals surface area contributed by atoms with Gasteiger partial charge in [0, 0.05) is 22.7 Å². The van der Waals surface area contributed by atoms with Crippen molar-refractivity contribution in [1.29, 1.82) is 0 Å². The molecule has 1 aromatic heterocycles. The van der Waals surface area contributed by atoms with E-state index in [0.717, 1.165) is 15.4 Å². The Hall–Kier alpha value is -2.20. The second kappa shape index (κ2) is 5.66. The van der Waals surface area contributed by atoms with E-state index < -0.39 is 0 Å². The minimum absolute atomic E-state index is 0.0240. The molecule has 0 aliphatic rings. The molecule has 0 fully saturated rings. The van der Waals surface area contributed by atoms with Crippen molar-refractivity contribution in [2.75, 3.05) is 7.11 Å². The lowest BCUT2D eigenvalue weighted by molar-refractivity contribution is 0.103. The van der Waals surface area contributed by atoms with E-state index in [1.54, 1.807) is 37.6 Å². The molecule has 2 aromatic carbocycles. The zero-order valence-corrected chi connectivity index (χ0v) is 12.9. The molecule has 0 aliphatic heterocycles. The van der Waals surface area contributed by atoms with Crippen molar-refractivity contribution in [1.82, 2.24) is 4.98 Å². The van der Waals surface area contributed by atoms with E-state index >= 15 is 0 Å². The number of fused-ring (bicyclic) bond motifs is 1. The summed E-state index contributed by atoms with van der Waals surface area (Å²) in [6.07, 6.45) is 1.74. The zero-order chi connectivity index (χ0) is 14.8. The molecule has 0 aliphatic carbocycles. The molecule has 0 atom stereocenters. The Bertz CT molecular complexity index is 830. The van der Waals surface area contributed by atoms with Gasteiger partial charge in [-0.3, -0.25) is 9.78 Å². The number of benzene rings is 2. The van der Waals surface area contributed by atoms with E-state index in [1.165, 1.54) is 0 Å². The molecular weight excluding hydrogens is 330 g/mol. The second-order valence-corrected chi connectivity index (χ2v) is 5.44. The summed E-state index contributed by atoms with van der Waals surface area (Å²) in [4.78, 5) is 16.8. The number of nitrogens with zero attached hydrogens (tertiary/aromatic N) is 1. The van der Waals surface area contributed by atoms with Crippen molar-refractivity contribution < 1.29 is 9.53 Å². The van der Waals surface area contributed by atoms with Crippen LogP contribution in [0, 0.1) is 0 Å². The highest BCUT2D eigenvalue weighted by Gasteiger charge is 2.12. The third-order valence-electron chi connectivity index (χ3n) is 3.28. The van der Waals surface area contributed by atoms with E-state index in [4.69, 9.17) is 4.74 Å². The van der Waals surface area contributed by atoms with Crippen LogP contribution >= 0.6 is 15.9 Å². The molecule has 1 heterocycles. The Labute approximate surface area is 130 Å². The molecule has 21 heavy (non-hydrogen) atoms. The predicted molar refractivity (Wildman–Crippen MR) is 85.9 cm³/mol. The Morgan fingerprint density at radius 3 is 2.62 bits per heavy atom. The maximum Gasteiger partial charge on any atom is 0.193 e. The van der Waals surface area contributed by atoms with E-state index in [1.807, 2.05) is 24.3 Å². The van der Waals surface area contributed by atoms with Crippen molar-refractivity contribution in [2.45, 2.75) is 0 Å². The summed E-state index contributed by atoms with van der Waals surface area (Å²) in [7, 11) is 1.60. The number of ketones is 1. The fourth-order valence-corrected chi connectivity index (χ4v) is 2.73. The maximum atomic E-state index is 12.6. The largest absolute Gasteiger partial charge is 0.496 e. The average Bonchev–Trinajstić information content (AvgIpc) is 2.53. The van der Waals surface area contributed by atoms with Crippen molar-refractivity contribution in [3.63, 3.8) is 0 Å². The van der Waals surface area contributed by atoms with Gasteiger partial charge in [0.15, 0.2) is 5.78 Å². The molecule has 0 radical (unpaired) electrons. The lowest BCUT2D eigenvalue weighted by atomic mass is 10.0. The third kappa shape index (κ3) is 2.67. The number of ether oxygens (including phenoxy) is 1. The first-order valence-electron chi connectivity index (χ1n) is 6.42. The smallest absolute Gasteiger partial charge is 0.193 e. The van der Waals surface area contributed by atoms with E-state index in [0.29, 0.717) is 16.9 Å². The van der Waals surface area contributed by atoms with Crippen LogP contribution in [0.2, 0.25) is 0 Å². The standard InChI is InChI=1S/C17H12BrNO2/c1-21-16-7-5-13(10-14(16)18)17(20)12-4-6-15-11(9-12)3-2-8-19-15/h2-10H,1H3. The lowest BCUT2D eigenvalue weighted by Gasteiger charge is -2.06. The quantitative estimate of drug-likeness (QED) is 0.669. The summed E-state index contributed by atoms with van der Waals surface area (Å²) >= 11 is 3.40. The number of hydrogen-bond acceptors (Lipinski definition) is 3. The van der Waals surface area contributed by atoms with Crippen LogP contribution in [0.1, 0.15) is 15.9 Å². The monoisotopic (exact) mass is 341 g/mol. The molecular formula is C17H12BrNO2. The van der Waals surface area contributed by atoms with Gasteiger partial charge in [-0.25, -0.2) is 0 Å². The molecule has 0 unspecified atom stereocenters. The van der Waals surface area contributed by atoms with Gasteiger partial charge in [0.1, 0.15) is 5.75 Å². The first-order valence-corrected chi connectivity index (χ1v) is 7.21. The normalized spacial score (nSPS) is 10.6. The van der Waals surface area contributed by atoms with Crippen molar-refractivity contribution in [3.05, 3.63) is 70.3 Å². The van der Waals surface area contributed by atoms with Gasteiger partial charge in [0.05, 0.1) is 17.1 Å². The SMILES string of the molecule is COc1ccc(C(=O)c2ccc3ncccc3c2)cc1Br. The van der Waals surface area contributed by atoms with Gasteiger partial charge in [0.2, 0.25) is 0 Å². The summed E-state index contributed by atoms with van der Waals surface area (Å²) in [5.74, 6) is 0.679. The van der Waals surface area contributed by atoms with Crippen LogP contribution in [0.25, 0.3) is 10.9 Å². The maximum absolute atomic E-state index is 12.6. The second-order valence-electron chi connectivity index (χ2n) is 4.59. The molecule has 0 bridgehead atoms. The third-order valence-corrected chi connectivity index (χ3v) is 3.90. The van der Waals surface area contributed by atoms with Gasteiger partial charge in [-0.05, 0) is 58.4 Å². The lowest BCUT2D eigenvalue weighted by Crippen LogP contribution is -2.01. The van der Waals surface area contributed by atoms with Crippen LogP contribution in [-0.4, -0.2) is 17.9 Å². The number of rotatable bonds is 3. The van der Waals surface area contributed by atoms with Crippen molar-refractivity contribution in [2.24, 2.45) is 0 Å². The molecule has 3 aromatic rings. The van der Waals surface area contributed by atoms with Crippen LogP contribution in [0.4, 0.5) is 0 Å². The Morgan fingerprint density at radius 2 is 1.86 bits per heavy atom. The Kier molecular flexibility index (Phi) is 3.71. The Morgan fingerprint density at radius 1 is 1.10 bits per heavy atom. The van der Waals surface area contributed by atoms with Gasteiger partial charge in [-0.2, -0.15) is 0 Å². The van der Waals surface area contributed by atoms with Crippen molar-refractivity contribution >= 4 is 32.6 Å².